The lowest BCUT2D eigenvalue weighted by Gasteiger charge is -2.08. The first kappa shape index (κ1) is 10.5. The minimum atomic E-state index is -1.80. The molecule has 70 valence electrons. The van der Waals surface area contributed by atoms with Gasteiger partial charge in [-0.15, -0.1) is 0 Å². The second-order valence-corrected chi connectivity index (χ2v) is 4.35. The number of carbonyl (C=O) groups is 1. The Balaban J connectivity index is 3.13. The highest BCUT2D eigenvalue weighted by Crippen LogP contribution is 2.35. The van der Waals surface area contributed by atoms with Gasteiger partial charge in [-0.05, 0) is 6.07 Å². The van der Waals surface area contributed by atoms with Gasteiger partial charge in [-0.1, -0.05) is 34.8 Å². The topological polar surface area (TPSA) is 63.1 Å². The van der Waals surface area contributed by atoms with Gasteiger partial charge in [-0.3, -0.25) is 0 Å². The molecule has 1 aromatic heterocycles. The fraction of sp³-hybridized carbons (Fsp3) is 0.167. The smallest absolute Gasteiger partial charge is 0.354 e. The van der Waals surface area contributed by atoms with E-state index in [0.717, 1.165) is 0 Å². The van der Waals surface area contributed by atoms with Crippen molar-refractivity contribution in [3.8, 4) is 0 Å². The van der Waals surface area contributed by atoms with Crippen LogP contribution >= 0.6 is 34.8 Å². The molecule has 1 aromatic rings. The zero-order valence-electron chi connectivity index (χ0n) is 6.04. The van der Waals surface area contributed by atoms with Crippen LogP contribution in [-0.4, -0.2) is 21.0 Å². The Morgan fingerprint density at radius 2 is 2.08 bits per heavy atom. The first-order valence-electron chi connectivity index (χ1n) is 3.05. The van der Waals surface area contributed by atoms with Crippen molar-refractivity contribution in [2.45, 2.75) is 3.79 Å². The maximum absolute atomic E-state index is 10.5. The van der Waals surface area contributed by atoms with Gasteiger partial charge in [-0.25, -0.2) is 14.8 Å². The summed E-state index contributed by atoms with van der Waals surface area (Å²) in [5, 5.41) is 8.56. The molecular formula is C6H3Cl3N2O2. The maximum atomic E-state index is 10.5. The van der Waals surface area contributed by atoms with E-state index in [9.17, 15) is 4.79 Å². The summed E-state index contributed by atoms with van der Waals surface area (Å²) in [6.07, 6.45) is 1.22. The third-order valence-electron chi connectivity index (χ3n) is 1.13. The summed E-state index contributed by atoms with van der Waals surface area (Å²) in [6, 6.07) is 1.21. The predicted molar refractivity (Wildman–Crippen MR) is 48.2 cm³/mol. The van der Waals surface area contributed by atoms with Crippen LogP contribution in [0.15, 0.2) is 12.3 Å². The molecule has 1 heterocycles. The average Bonchev–Trinajstić information content (AvgIpc) is 2.03. The van der Waals surface area contributed by atoms with Crippen LogP contribution in [0.2, 0.25) is 0 Å². The predicted octanol–water partition coefficient (Wildman–Crippen LogP) is 2.00. The highest BCUT2D eigenvalue weighted by atomic mass is 35.6. The minimum absolute atomic E-state index is 0.155. The molecule has 0 aliphatic heterocycles. The monoisotopic (exact) mass is 240 g/mol. The van der Waals surface area contributed by atoms with Gasteiger partial charge in [0.2, 0.25) is 3.79 Å². The molecule has 0 fully saturated rings. The number of carboxylic acid groups (broad SMARTS) is 1. The summed E-state index contributed by atoms with van der Waals surface area (Å²) in [6.45, 7) is 0. The van der Waals surface area contributed by atoms with E-state index in [1.54, 1.807) is 0 Å². The van der Waals surface area contributed by atoms with Crippen LogP contribution in [-0.2, 0) is 3.79 Å². The lowest BCUT2D eigenvalue weighted by atomic mass is 10.4. The molecule has 4 nitrogen and oxygen atoms in total. The molecule has 0 bridgehead atoms. The van der Waals surface area contributed by atoms with Gasteiger partial charge >= 0.3 is 5.97 Å². The lowest BCUT2D eigenvalue weighted by molar-refractivity contribution is 0.0690. The SMILES string of the molecule is O=C(O)c1ccnc(C(Cl)(Cl)Cl)n1. The Labute approximate surface area is 88.5 Å². The summed E-state index contributed by atoms with van der Waals surface area (Å²) in [4.78, 5) is 17.6. The number of nitrogens with zero attached hydrogens (tertiary/aromatic N) is 2. The van der Waals surface area contributed by atoms with Gasteiger partial charge in [0.25, 0.3) is 0 Å². The molecular weight excluding hydrogens is 238 g/mol. The Morgan fingerprint density at radius 3 is 2.54 bits per heavy atom. The molecule has 0 aliphatic carbocycles. The molecule has 0 unspecified atom stereocenters. The first-order chi connectivity index (χ1) is 5.91. The third-order valence-corrected chi connectivity index (χ3v) is 1.64. The zero-order valence-corrected chi connectivity index (χ0v) is 8.31. The van der Waals surface area contributed by atoms with Gasteiger partial charge < -0.3 is 5.11 Å². The highest BCUT2D eigenvalue weighted by Gasteiger charge is 2.27. The highest BCUT2D eigenvalue weighted by molar-refractivity contribution is 6.66. The van der Waals surface area contributed by atoms with Crippen LogP contribution in [0.1, 0.15) is 16.3 Å². The Hall–Kier alpha value is -0.580. The molecule has 13 heavy (non-hydrogen) atoms. The molecule has 1 rings (SSSR count). The minimum Gasteiger partial charge on any atom is -0.477 e. The fourth-order valence-electron chi connectivity index (χ4n) is 0.614. The second-order valence-electron chi connectivity index (χ2n) is 2.07. The maximum Gasteiger partial charge on any atom is 0.354 e. The first-order valence-corrected chi connectivity index (χ1v) is 4.18. The fourth-order valence-corrected chi connectivity index (χ4v) is 0.888. The number of carboxylic acids is 1. The quantitative estimate of drug-likeness (QED) is 0.764. The molecule has 0 spiro atoms. The number of halogens is 3. The molecule has 7 heteroatoms. The number of rotatable bonds is 1. The lowest BCUT2D eigenvalue weighted by Crippen LogP contribution is -2.11. The molecule has 0 aliphatic rings. The number of hydrogen-bond acceptors (Lipinski definition) is 3. The van der Waals surface area contributed by atoms with Crippen molar-refractivity contribution < 1.29 is 9.90 Å². The van der Waals surface area contributed by atoms with Crippen LogP contribution in [0.25, 0.3) is 0 Å². The van der Waals surface area contributed by atoms with E-state index < -0.39 is 9.76 Å². The van der Waals surface area contributed by atoms with Crippen LogP contribution in [0.3, 0.4) is 0 Å². The standard InChI is InChI=1S/C6H3Cl3N2O2/c7-6(8,9)5-10-2-1-3(11-5)4(12)13/h1-2H,(H,12,13). The van der Waals surface area contributed by atoms with Crippen LogP contribution in [0.4, 0.5) is 0 Å². The molecule has 0 amide bonds. The summed E-state index contributed by atoms with van der Waals surface area (Å²) in [5.74, 6) is -1.35. The zero-order chi connectivity index (χ0) is 10.1. The van der Waals surface area contributed by atoms with E-state index in [1.165, 1.54) is 12.3 Å². The molecule has 0 saturated carbocycles. The van der Waals surface area contributed by atoms with Gasteiger partial charge in [-0.2, -0.15) is 0 Å². The number of aromatic carboxylic acids is 1. The van der Waals surface area contributed by atoms with Crippen LogP contribution in [0, 0.1) is 0 Å². The largest absolute Gasteiger partial charge is 0.477 e. The molecule has 0 saturated heterocycles. The van der Waals surface area contributed by atoms with Gasteiger partial charge in [0.15, 0.2) is 11.5 Å². The van der Waals surface area contributed by atoms with Gasteiger partial charge in [0, 0.05) is 6.20 Å². The van der Waals surface area contributed by atoms with E-state index in [-0.39, 0.29) is 11.5 Å². The number of hydrogen-bond donors (Lipinski definition) is 1. The number of aromatic nitrogens is 2. The van der Waals surface area contributed by atoms with E-state index in [0.29, 0.717) is 0 Å². The van der Waals surface area contributed by atoms with Crippen molar-refractivity contribution in [3.05, 3.63) is 23.8 Å². The van der Waals surface area contributed by atoms with E-state index >= 15 is 0 Å². The summed E-state index contributed by atoms with van der Waals surface area (Å²) < 4.78 is -1.80. The summed E-state index contributed by atoms with van der Waals surface area (Å²) in [5.41, 5.74) is -0.212. The summed E-state index contributed by atoms with van der Waals surface area (Å²) >= 11 is 16.3. The molecule has 0 atom stereocenters. The average molecular weight is 241 g/mol. The van der Waals surface area contributed by atoms with Crippen molar-refractivity contribution in [2.24, 2.45) is 0 Å². The summed E-state index contributed by atoms with van der Waals surface area (Å²) in [7, 11) is 0. The molecule has 0 aromatic carbocycles. The van der Waals surface area contributed by atoms with E-state index in [1.807, 2.05) is 0 Å². The van der Waals surface area contributed by atoms with Gasteiger partial charge in [0.05, 0.1) is 0 Å². The number of alkyl halides is 3. The van der Waals surface area contributed by atoms with Crippen molar-refractivity contribution >= 4 is 40.8 Å². The Morgan fingerprint density at radius 1 is 1.46 bits per heavy atom. The van der Waals surface area contributed by atoms with Crippen LogP contribution < -0.4 is 0 Å². The van der Waals surface area contributed by atoms with Crippen molar-refractivity contribution in [1.29, 1.82) is 0 Å². The van der Waals surface area contributed by atoms with E-state index in [4.69, 9.17) is 39.9 Å². The Kier molecular flexibility index (Phi) is 2.95. The van der Waals surface area contributed by atoms with Crippen LogP contribution in [0.5, 0.6) is 0 Å². The molecule has 0 radical (unpaired) electrons. The molecule has 1 N–H and O–H groups in total. The van der Waals surface area contributed by atoms with Crippen molar-refractivity contribution in [1.82, 2.24) is 9.97 Å². The second kappa shape index (κ2) is 3.65. The van der Waals surface area contributed by atoms with Gasteiger partial charge in [0.1, 0.15) is 0 Å². The normalized spacial score (nSPS) is 11.3. The van der Waals surface area contributed by atoms with Crippen molar-refractivity contribution in [3.63, 3.8) is 0 Å². The van der Waals surface area contributed by atoms with E-state index in [2.05, 4.69) is 9.97 Å². The van der Waals surface area contributed by atoms with Crippen molar-refractivity contribution in [2.75, 3.05) is 0 Å². The Bertz CT molecular complexity index is 337. The third kappa shape index (κ3) is 2.69.